The topological polar surface area (TPSA) is 52.6 Å². The summed E-state index contributed by atoms with van der Waals surface area (Å²) >= 11 is 0. The number of hydrogen-bond acceptors (Lipinski definition) is 4. The molecule has 0 saturated carbocycles. The lowest BCUT2D eigenvalue weighted by molar-refractivity contribution is -0.150. The zero-order valence-electron chi connectivity index (χ0n) is 21.2. The van der Waals surface area contributed by atoms with E-state index in [9.17, 15) is 9.59 Å². The highest BCUT2D eigenvalue weighted by molar-refractivity contribution is 5.73. The molecule has 0 N–H and O–H groups in total. The third-order valence-electron chi connectivity index (χ3n) is 7.99. The maximum Gasteiger partial charge on any atom is 0.310 e. The fraction of sp³-hybridized carbons (Fsp3) is 0.235. The van der Waals surface area contributed by atoms with E-state index in [2.05, 4.69) is 48.5 Å². The molecule has 38 heavy (non-hydrogen) atoms. The molecule has 7 rings (SSSR count). The van der Waals surface area contributed by atoms with Gasteiger partial charge in [0.15, 0.2) is 0 Å². The Morgan fingerprint density at radius 2 is 0.789 bits per heavy atom. The van der Waals surface area contributed by atoms with Gasteiger partial charge in [0.25, 0.3) is 0 Å². The Morgan fingerprint density at radius 1 is 0.474 bits per heavy atom. The summed E-state index contributed by atoms with van der Waals surface area (Å²) in [6.45, 7) is 0.576. The van der Waals surface area contributed by atoms with Gasteiger partial charge in [0, 0.05) is 23.7 Å². The summed E-state index contributed by atoms with van der Waals surface area (Å²) in [6, 6.07) is 36.4. The number of rotatable bonds is 8. The molecule has 0 heterocycles. The maximum absolute atomic E-state index is 12.8. The second-order valence-corrected chi connectivity index (χ2v) is 10.2. The molecule has 4 aromatic rings. The Balaban J connectivity index is 1.26. The van der Waals surface area contributed by atoms with Crippen molar-refractivity contribution in [3.05, 3.63) is 143 Å². The van der Waals surface area contributed by atoms with Crippen LogP contribution in [0.25, 0.3) is 0 Å². The van der Waals surface area contributed by atoms with Crippen LogP contribution >= 0.6 is 0 Å². The summed E-state index contributed by atoms with van der Waals surface area (Å²) in [5.41, 5.74) is 7.01. The molecule has 0 unspecified atom stereocenters. The van der Waals surface area contributed by atoms with Crippen LogP contribution in [0.4, 0.5) is 0 Å². The average molecular weight is 503 g/mol. The van der Waals surface area contributed by atoms with Crippen molar-refractivity contribution in [2.24, 2.45) is 11.8 Å². The van der Waals surface area contributed by atoms with Crippen molar-refractivity contribution in [3.8, 4) is 0 Å². The van der Waals surface area contributed by atoms with Gasteiger partial charge in [-0.3, -0.25) is 9.59 Å². The standard InChI is InChI=1S/C34H30O4/c35-31(19-23-11-3-1-4-12-23)37-21-29-30(22-38-32(36)20-24-13-5-2-6-14-24)34-27-17-9-7-15-25(27)33(29)26-16-8-10-18-28(26)34/h1-18,29-30,33-34H,19-22H2/t29-,30-,33?,34?/m0/s1. The van der Waals surface area contributed by atoms with Crippen LogP contribution in [0.3, 0.4) is 0 Å². The molecule has 0 radical (unpaired) electrons. The predicted octanol–water partition coefficient (Wildman–Crippen LogP) is 6.08. The van der Waals surface area contributed by atoms with Gasteiger partial charge in [0.2, 0.25) is 0 Å². The molecule has 0 saturated heterocycles. The summed E-state index contributed by atoms with van der Waals surface area (Å²) in [5, 5.41) is 0. The zero-order chi connectivity index (χ0) is 25.9. The Morgan fingerprint density at radius 3 is 1.13 bits per heavy atom. The van der Waals surface area contributed by atoms with Crippen LogP contribution in [0.2, 0.25) is 0 Å². The van der Waals surface area contributed by atoms with Gasteiger partial charge >= 0.3 is 11.9 Å². The highest BCUT2D eigenvalue weighted by Crippen LogP contribution is 2.58. The van der Waals surface area contributed by atoms with E-state index in [0.717, 1.165) is 11.1 Å². The molecule has 3 aliphatic carbocycles. The van der Waals surface area contributed by atoms with Crippen LogP contribution in [-0.2, 0) is 31.9 Å². The van der Waals surface area contributed by atoms with Gasteiger partial charge in [-0.15, -0.1) is 0 Å². The Labute approximate surface area is 223 Å². The van der Waals surface area contributed by atoms with Gasteiger partial charge in [-0.2, -0.15) is 0 Å². The fourth-order valence-electron chi connectivity index (χ4n) is 6.35. The number of ether oxygens (including phenoxy) is 2. The lowest BCUT2D eigenvalue weighted by Gasteiger charge is -2.50. The number of carbonyl (C=O) groups is 2. The molecule has 0 fully saturated rings. The maximum atomic E-state index is 12.8. The van der Waals surface area contributed by atoms with Crippen LogP contribution in [0.1, 0.15) is 45.2 Å². The third-order valence-corrected chi connectivity index (χ3v) is 7.99. The lowest BCUT2D eigenvalue weighted by Crippen LogP contribution is -2.44. The molecular formula is C34H30O4. The highest BCUT2D eigenvalue weighted by Gasteiger charge is 2.50. The van der Waals surface area contributed by atoms with Gasteiger partial charge in [-0.1, -0.05) is 109 Å². The SMILES string of the molecule is O=C(Cc1ccccc1)OC[C@@H]1C2c3ccccc3C(c3ccccc32)[C@H]1COC(=O)Cc1ccccc1. The van der Waals surface area contributed by atoms with Crippen molar-refractivity contribution in [2.45, 2.75) is 24.7 Å². The van der Waals surface area contributed by atoms with Crippen LogP contribution < -0.4 is 0 Å². The summed E-state index contributed by atoms with van der Waals surface area (Å²) < 4.78 is 11.8. The second-order valence-electron chi connectivity index (χ2n) is 10.2. The fourth-order valence-corrected chi connectivity index (χ4v) is 6.35. The van der Waals surface area contributed by atoms with Crippen LogP contribution in [0.5, 0.6) is 0 Å². The van der Waals surface area contributed by atoms with E-state index in [0.29, 0.717) is 0 Å². The molecule has 3 aliphatic rings. The average Bonchev–Trinajstić information content (AvgIpc) is 2.96. The first-order valence-electron chi connectivity index (χ1n) is 13.3. The predicted molar refractivity (Wildman–Crippen MR) is 146 cm³/mol. The molecule has 190 valence electrons. The van der Waals surface area contributed by atoms with Crippen molar-refractivity contribution >= 4 is 11.9 Å². The van der Waals surface area contributed by atoms with Crippen molar-refractivity contribution in [2.75, 3.05) is 13.2 Å². The normalized spacial score (nSPS) is 20.7. The van der Waals surface area contributed by atoms with Crippen LogP contribution in [0, 0.1) is 11.8 Å². The first-order valence-corrected chi connectivity index (χ1v) is 13.3. The van der Waals surface area contributed by atoms with E-state index in [1.54, 1.807) is 0 Å². The zero-order valence-corrected chi connectivity index (χ0v) is 21.2. The minimum Gasteiger partial charge on any atom is -0.465 e. The number of hydrogen-bond donors (Lipinski definition) is 0. The van der Waals surface area contributed by atoms with Crippen LogP contribution in [0.15, 0.2) is 109 Å². The van der Waals surface area contributed by atoms with Gasteiger partial charge in [-0.25, -0.2) is 0 Å². The van der Waals surface area contributed by atoms with E-state index in [-0.39, 0.29) is 61.7 Å². The summed E-state index contributed by atoms with van der Waals surface area (Å²) in [6.07, 6.45) is 0.483. The minimum atomic E-state index is -0.237. The van der Waals surface area contributed by atoms with Crippen molar-refractivity contribution < 1.29 is 19.1 Å². The number of carbonyl (C=O) groups excluding carboxylic acids is 2. The molecule has 0 amide bonds. The first-order chi connectivity index (χ1) is 18.7. The van der Waals surface area contributed by atoms with Crippen molar-refractivity contribution in [1.82, 2.24) is 0 Å². The van der Waals surface area contributed by atoms with Crippen molar-refractivity contribution in [1.29, 1.82) is 0 Å². The molecular weight excluding hydrogens is 472 g/mol. The third kappa shape index (κ3) is 4.74. The van der Waals surface area contributed by atoms with Gasteiger partial charge < -0.3 is 9.47 Å². The van der Waals surface area contributed by atoms with E-state index in [1.165, 1.54) is 22.3 Å². The van der Waals surface area contributed by atoms with Gasteiger partial charge in [-0.05, 0) is 33.4 Å². The molecule has 4 heteroatoms. The van der Waals surface area contributed by atoms with E-state index in [1.807, 2.05) is 60.7 Å². The molecule has 0 spiro atoms. The summed E-state index contributed by atoms with van der Waals surface area (Å²) in [7, 11) is 0. The molecule has 4 aromatic carbocycles. The lowest BCUT2D eigenvalue weighted by atomic mass is 9.54. The molecule has 4 nitrogen and oxygen atoms in total. The molecule has 0 aromatic heterocycles. The minimum absolute atomic E-state index is 0.00838. The van der Waals surface area contributed by atoms with Crippen LogP contribution in [-0.4, -0.2) is 25.2 Å². The van der Waals surface area contributed by atoms with Gasteiger partial charge in [0.1, 0.15) is 0 Å². The Hall–Kier alpha value is -4.18. The molecule has 0 aliphatic heterocycles. The second kappa shape index (κ2) is 10.7. The molecule has 2 bridgehead atoms. The number of esters is 2. The number of benzene rings is 4. The number of fused-ring (bicyclic) bond motifs is 1. The largest absolute Gasteiger partial charge is 0.465 e. The van der Waals surface area contributed by atoms with E-state index < -0.39 is 0 Å². The smallest absolute Gasteiger partial charge is 0.310 e. The van der Waals surface area contributed by atoms with E-state index >= 15 is 0 Å². The quantitative estimate of drug-likeness (QED) is 0.274. The van der Waals surface area contributed by atoms with E-state index in [4.69, 9.17) is 9.47 Å². The van der Waals surface area contributed by atoms with Gasteiger partial charge in [0.05, 0.1) is 26.1 Å². The Bertz CT molecular complexity index is 1270. The molecule has 2 atom stereocenters. The summed E-state index contributed by atoms with van der Waals surface area (Å²) in [5.74, 6) is -0.300. The van der Waals surface area contributed by atoms with Crippen molar-refractivity contribution in [3.63, 3.8) is 0 Å². The monoisotopic (exact) mass is 502 g/mol. The first kappa shape index (κ1) is 24.2. The highest BCUT2D eigenvalue weighted by atomic mass is 16.5. The summed E-state index contributed by atoms with van der Waals surface area (Å²) in [4.78, 5) is 25.6. The Kier molecular flexibility index (Phi) is 6.78.